The Morgan fingerprint density at radius 3 is 2.92 bits per heavy atom. The molecule has 8 heteroatoms. The second-order valence-corrected chi connectivity index (χ2v) is 10.4. The van der Waals surface area contributed by atoms with Gasteiger partial charge in [-0.25, -0.2) is 9.78 Å². The Balaban J connectivity index is 1.19. The van der Waals surface area contributed by atoms with E-state index in [1.54, 1.807) is 0 Å². The number of aromatic nitrogens is 1. The molecule has 0 aliphatic carbocycles. The maximum absolute atomic E-state index is 13.1. The number of benzene rings is 1. The number of esters is 1. The van der Waals surface area contributed by atoms with E-state index in [0.29, 0.717) is 31.8 Å². The minimum Gasteiger partial charge on any atom is -0.428 e. The van der Waals surface area contributed by atoms with Crippen LogP contribution in [0.3, 0.4) is 0 Å². The number of unbranched alkanes of at least 4 members (excludes halogenated alkanes) is 1. The average Bonchev–Trinajstić information content (AvgIpc) is 2.95. The van der Waals surface area contributed by atoms with Gasteiger partial charge in [-0.2, -0.15) is 0 Å². The second-order valence-electron chi connectivity index (χ2n) is 10.4. The van der Waals surface area contributed by atoms with E-state index in [1.165, 1.54) is 12.0 Å². The molecule has 1 aromatic carbocycles. The van der Waals surface area contributed by atoms with Crippen LogP contribution in [-0.2, 0) is 27.1 Å². The van der Waals surface area contributed by atoms with E-state index in [-0.39, 0.29) is 5.97 Å². The van der Waals surface area contributed by atoms with Gasteiger partial charge in [0.1, 0.15) is 17.6 Å². The van der Waals surface area contributed by atoms with Crippen molar-refractivity contribution in [2.24, 2.45) is 4.99 Å². The van der Waals surface area contributed by atoms with Crippen LogP contribution in [0, 0.1) is 0 Å². The number of fused-ring (bicyclic) bond motifs is 6. The number of aryl methyl sites for hydroxylation is 2. The summed E-state index contributed by atoms with van der Waals surface area (Å²) in [5.74, 6) is 1.47. The van der Waals surface area contributed by atoms with Gasteiger partial charge in [-0.05, 0) is 76.1 Å². The molecule has 0 fully saturated rings. The summed E-state index contributed by atoms with van der Waals surface area (Å²) in [5, 5.41) is 6.72. The van der Waals surface area contributed by atoms with Crippen LogP contribution >= 0.6 is 0 Å². The van der Waals surface area contributed by atoms with E-state index in [2.05, 4.69) is 33.7 Å². The summed E-state index contributed by atoms with van der Waals surface area (Å²) < 4.78 is 11.4. The molecule has 8 nitrogen and oxygen atoms in total. The second kappa shape index (κ2) is 13.7. The van der Waals surface area contributed by atoms with Crippen LogP contribution in [0.4, 0.5) is 11.5 Å². The number of allylic oxidation sites excluding steroid dienone is 1. The van der Waals surface area contributed by atoms with Crippen molar-refractivity contribution in [2.75, 3.05) is 50.0 Å². The normalized spacial score (nSPS) is 19.6. The van der Waals surface area contributed by atoms with Crippen molar-refractivity contribution in [1.29, 1.82) is 0 Å². The van der Waals surface area contributed by atoms with Gasteiger partial charge in [0, 0.05) is 61.5 Å². The fourth-order valence-electron chi connectivity index (χ4n) is 5.43. The molecule has 2 N–H and O–H groups in total. The molecule has 5 rings (SSSR count). The molecule has 2 aromatic rings. The number of hydrogen-bond acceptors (Lipinski definition) is 8. The molecule has 1 aromatic heterocycles. The molecule has 0 spiro atoms. The Bertz CT molecular complexity index is 1190. The van der Waals surface area contributed by atoms with Crippen LogP contribution in [0.25, 0.3) is 0 Å². The van der Waals surface area contributed by atoms with Gasteiger partial charge in [0.05, 0.1) is 6.61 Å². The van der Waals surface area contributed by atoms with Crippen molar-refractivity contribution in [3.63, 3.8) is 0 Å². The van der Waals surface area contributed by atoms with Gasteiger partial charge in [0.25, 0.3) is 0 Å². The number of aliphatic imine (C=N–C) groups is 1. The maximum atomic E-state index is 13.1. The third kappa shape index (κ3) is 7.46. The zero-order chi connectivity index (χ0) is 26.9. The SMILES string of the molecule is CCOCCN(CCCCc1ccc2c(n1)NCCC2)CC[C@@H]1N=C2CC/C(=C/Nc3ccccc32)OC1=O. The van der Waals surface area contributed by atoms with Crippen molar-refractivity contribution >= 4 is 23.2 Å². The van der Waals surface area contributed by atoms with Gasteiger partial charge in [0.15, 0.2) is 0 Å². The number of hydrogen-bond donors (Lipinski definition) is 2. The Labute approximate surface area is 231 Å². The molecule has 0 amide bonds. The summed E-state index contributed by atoms with van der Waals surface area (Å²) >= 11 is 0. The van der Waals surface area contributed by atoms with Gasteiger partial charge < -0.3 is 25.0 Å². The lowest BCUT2D eigenvalue weighted by Crippen LogP contribution is -2.35. The first-order valence-electron chi connectivity index (χ1n) is 14.6. The first kappa shape index (κ1) is 27.3. The lowest BCUT2D eigenvalue weighted by molar-refractivity contribution is -0.141. The minimum absolute atomic E-state index is 0.267. The van der Waals surface area contributed by atoms with E-state index < -0.39 is 6.04 Å². The number of para-hydroxylation sites is 1. The maximum Gasteiger partial charge on any atom is 0.336 e. The predicted octanol–water partition coefficient (Wildman–Crippen LogP) is 4.95. The molecule has 4 heterocycles. The zero-order valence-electron chi connectivity index (χ0n) is 23.1. The quantitative estimate of drug-likeness (QED) is 0.296. The van der Waals surface area contributed by atoms with Crippen LogP contribution in [0.2, 0.25) is 0 Å². The van der Waals surface area contributed by atoms with Crippen molar-refractivity contribution < 1.29 is 14.3 Å². The minimum atomic E-state index is -0.517. The number of pyridine rings is 1. The fourth-order valence-corrected chi connectivity index (χ4v) is 5.43. The van der Waals surface area contributed by atoms with Gasteiger partial charge >= 0.3 is 5.97 Å². The zero-order valence-corrected chi connectivity index (χ0v) is 23.1. The van der Waals surface area contributed by atoms with Crippen molar-refractivity contribution in [1.82, 2.24) is 9.88 Å². The third-order valence-electron chi connectivity index (χ3n) is 7.63. The van der Waals surface area contributed by atoms with E-state index in [1.807, 2.05) is 31.3 Å². The van der Waals surface area contributed by atoms with Crippen molar-refractivity contribution in [3.05, 3.63) is 65.2 Å². The highest BCUT2D eigenvalue weighted by molar-refractivity contribution is 6.06. The Morgan fingerprint density at radius 2 is 2.00 bits per heavy atom. The smallest absolute Gasteiger partial charge is 0.336 e. The van der Waals surface area contributed by atoms with Gasteiger partial charge in [-0.15, -0.1) is 0 Å². The van der Waals surface area contributed by atoms with E-state index >= 15 is 0 Å². The first-order valence-corrected chi connectivity index (χ1v) is 14.6. The van der Waals surface area contributed by atoms with E-state index in [4.69, 9.17) is 19.5 Å². The molecule has 0 saturated carbocycles. The number of nitrogens with one attached hydrogen (secondary N) is 2. The molecule has 2 bridgehead atoms. The number of ether oxygens (including phenoxy) is 2. The van der Waals surface area contributed by atoms with Gasteiger partial charge in [0.2, 0.25) is 0 Å². The third-order valence-corrected chi connectivity index (χ3v) is 7.63. The summed E-state index contributed by atoms with van der Waals surface area (Å²) in [6.07, 6.45) is 9.26. The van der Waals surface area contributed by atoms with Gasteiger partial charge in [-0.3, -0.25) is 4.99 Å². The molecule has 1 atom stereocenters. The highest BCUT2D eigenvalue weighted by Crippen LogP contribution is 2.27. The number of rotatable bonds is 12. The summed E-state index contributed by atoms with van der Waals surface area (Å²) in [7, 11) is 0. The fraction of sp³-hybridized carbons (Fsp3) is 0.516. The van der Waals surface area contributed by atoms with Crippen molar-refractivity contribution in [2.45, 2.75) is 64.3 Å². The topological polar surface area (TPSA) is 88.1 Å². The molecule has 3 aliphatic heterocycles. The molecule has 3 aliphatic rings. The van der Waals surface area contributed by atoms with Crippen LogP contribution in [0.1, 0.15) is 62.3 Å². The summed E-state index contributed by atoms with van der Waals surface area (Å²) in [5.41, 5.74) is 5.51. The van der Waals surface area contributed by atoms with Crippen LogP contribution in [0.15, 0.2) is 53.3 Å². The first-order chi connectivity index (χ1) is 19.2. The molecule has 0 saturated heterocycles. The van der Waals surface area contributed by atoms with Crippen molar-refractivity contribution in [3.8, 4) is 0 Å². The monoisotopic (exact) mass is 531 g/mol. The Hall–Kier alpha value is -3.23. The van der Waals surface area contributed by atoms with Crippen LogP contribution in [-0.4, -0.2) is 67.0 Å². The molecule has 208 valence electrons. The number of anilines is 2. The highest BCUT2D eigenvalue weighted by Gasteiger charge is 2.27. The largest absolute Gasteiger partial charge is 0.428 e. The molecular weight excluding hydrogens is 490 g/mol. The highest BCUT2D eigenvalue weighted by atomic mass is 16.5. The molecule has 39 heavy (non-hydrogen) atoms. The van der Waals surface area contributed by atoms with Gasteiger partial charge in [-0.1, -0.05) is 24.3 Å². The van der Waals surface area contributed by atoms with E-state index in [0.717, 1.165) is 86.8 Å². The summed E-state index contributed by atoms with van der Waals surface area (Å²) in [4.78, 5) is 25.3. The standard InChI is InChI=1S/C31H41N5O3/c1-2-38-21-20-36(18-6-5-9-24-13-12-23-8-7-17-32-30(23)34-24)19-16-29-31(37)39-25-14-15-28(35-29)26-10-3-4-11-27(26)33-22-25/h3-4,10-13,22,29,33H,2,5-9,14-21H2,1H3,(H,32,34)/b25-22-,35-28?/t29-/m0/s1. The van der Waals surface area contributed by atoms with Crippen LogP contribution < -0.4 is 10.6 Å². The summed E-state index contributed by atoms with van der Waals surface area (Å²) in [6.45, 7) is 6.98. The Morgan fingerprint density at radius 1 is 1.08 bits per heavy atom. The summed E-state index contributed by atoms with van der Waals surface area (Å²) in [6, 6.07) is 12.0. The predicted molar refractivity (Wildman–Crippen MR) is 155 cm³/mol. The Kier molecular flexibility index (Phi) is 9.61. The average molecular weight is 532 g/mol. The number of nitrogens with zero attached hydrogens (tertiary/aromatic N) is 3. The molecular formula is C31H41N5O3. The number of carbonyl (C=O) groups excluding carboxylic acids is 1. The van der Waals surface area contributed by atoms with Crippen LogP contribution in [0.5, 0.6) is 0 Å². The van der Waals surface area contributed by atoms with E-state index in [9.17, 15) is 4.79 Å². The molecule has 0 unspecified atom stereocenters. The molecule has 0 radical (unpaired) electrons. The lowest BCUT2D eigenvalue weighted by Gasteiger charge is -2.26. The number of carbonyl (C=O) groups is 1. The lowest BCUT2D eigenvalue weighted by atomic mass is 10.00.